The summed E-state index contributed by atoms with van der Waals surface area (Å²) in [5, 5.41) is 0. The number of hydrogen-bond acceptors (Lipinski definition) is 3. The molecule has 4 heteroatoms. The van der Waals surface area contributed by atoms with Crippen LogP contribution in [0.1, 0.15) is 11.1 Å². The van der Waals surface area contributed by atoms with Crippen LogP contribution in [0, 0.1) is 6.92 Å². The van der Waals surface area contributed by atoms with E-state index in [1.54, 1.807) is 0 Å². The summed E-state index contributed by atoms with van der Waals surface area (Å²) >= 11 is 0. The lowest BCUT2D eigenvalue weighted by Gasteiger charge is -2.02. The van der Waals surface area contributed by atoms with Crippen LogP contribution in [0.15, 0.2) is 36.7 Å². The normalized spacial score (nSPS) is 11.1. The average Bonchev–Trinajstić information content (AvgIpc) is 2.75. The van der Waals surface area contributed by atoms with E-state index in [1.165, 1.54) is 0 Å². The lowest BCUT2D eigenvalue weighted by molar-refractivity contribution is 0.956. The number of aromatic nitrogens is 3. The zero-order chi connectivity index (χ0) is 13.4. The minimum atomic E-state index is 0.536. The molecule has 2 N–H and O–H groups in total. The second kappa shape index (κ2) is 4.48. The number of nitrogens with zero attached hydrogens (tertiary/aromatic N) is 3. The maximum absolute atomic E-state index is 5.67. The van der Waals surface area contributed by atoms with E-state index in [-0.39, 0.29) is 0 Å². The van der Waals surface area contributed by atoms with E-state index in [4.69, 9.17) is 10.7 Å². The fourth-order valence-electron chi connectivity index (χ4n) is 2.31. The Hall–Kier alpha value is -2.20. The number of aryl methyl sites for hydroxylation is 2. The zero-order valence-corrected chi connectivity index (χ0v) is 11.1. The van der Waals surface area contributed by atoms with E-state index in [0.717, 1.165) is 33.5 Å². The van der Waals surface area contributed by atoms with Crippen molar-refractivity contribution in [2.24, 2.45) is 12.8 Å². The monoisotopic (exact) mass is 252 g/mol. The molecule has 0 unspecified atom stereocenters. The number of hydrogen-bond donors (Lipinski definition) is 1. The van der Waals surface area contributed by atoms with Crippen molar-refractivity contribution in [1.82, 2.24) is 14.5 Å². The van der Waals surface area contributed by atoms with Crippen molar-refractivity contribution >= 4 is 11.0 Å². The minimum Gasteiger partial charge on any atom is -0.327 e. The van der Waals surface area contributed by atoms with Crippen LogP contribution in [0.25, 0.3) is 22.4 Å². The largest absolute Gasteiger partial charge is 0.327 e. The molecule has 0 aliphatic rings. The quantitative estimate of drug-likeness (QED) is 0.762. The molecule has 19 heavy (non-hydrogen) atoms. The molecule has 0 radical (unpaired) electrons. The highest BCUT2D eigenvalue weighted by molar-refractivity contribution is 5.81. The molecule has 2 heterocycles. The summed E-state index contributed by atoms with van der Waals surface area (Å²) in [5.74, 6) is 0.931. The molecule has 0 aliphatic heterocycles. The predicted octanol–water partition coefficient (Wildman–Crippen LogP) is 2.40. The van der Waals surface area contributed by atoms with Crippen LogP contribution >= 0.6 is 0 Å². The van der Waals surface area contributed by atoms with Crippen molar-refractivity contribution in [3.8, 4) is 11.4 Å². The van der Waals surface area contributed by atoms with E-state index in [0.29, 0.717) is 6.54 Å². The Morgan fingerprint density at radius 3 is 2.79 bits per heavy atom. The molecule has 0 fully saturated rings. The van der Waals surface area contributed by atoms with Crippen LogP contribution < -0.4 is 5.73 Å². The van der Waals surface area contributed by atoms with Gasteiger partial charge in [-0.05, 0) is 36.2 Å². The highest BCUT2D eigenvalue weighted by Gasteiger charge is 2.10. The summed E-state index contributed by atoms with van der Waals surface area (Å²) in [7, 11) is 2.02. The fraction of sp³-hybridized carbons (Fsp3) is 0.200. The molecule has 0 bridgehead atoms. The lowest BCUT2D eigenvalue weighted by atomic mass is 10.2. The molecule has 0 saturated heterocycles. The standard InChI is InChI=1S/C15H16N4/c1-10-5-12(9-17-8-10)15-18-13-6-11(7-16)3-4-14(13)19(15)2/h3-6,8-9H,7,16H2,1-2H3. The third-order valence-electron chi connectivity index (χ3n) is 3.31. The van der Waals surface area contributed by atoms with Gasteiger partial charge in [-0.25, -0.2) is 4.98 Å². The smallest absolute Gasteiger partial charge is 0.142 e. The van der Waals surface area contributed by atoms with Crippen LogP contribution in [0.5, 0.6) is 0 Å². The second-order valence-electron chi connectivity index (χ2n) is 4.77. The molecule has 3 rings (SSSR count). The molecule has 3 aromatic rings. The number of rotatable bonds is 2. The number of benzene rings is 1. The first kappa shape index (κ1) is 11.9. The van der Waals surface area contributed by atoms with E-state index in [1.807, 2.05) is 38.5 Å². The first-order valence-electron chi connectivity index (χ1n) is 6.26. The maximum Gasteiger partial charge on any atom is 0.142 e. The van der Waals surface area contributed by atoms with Gasteiger partial charge >= 0.3 is 0 Å². The SMILES string of the molecule is Cc1cncc(-c2nc3cc(CN)ccc3n2C)c1. The molecule has 0 aliphatic carbocycles. The Morgan fingerprint density at radius 1 is 1.21 bits per heavy atom. The number of pyridine rings is 1. The van der Waals surface area contributed by atoms with Gasteiger partial charge < -0.3 is 10.3 Å². The summed E-state index contributed by atoms with van der Waals surface area (Å²) in [6.45, 7) is 2.57. The van der Waals surface area contributed by atoms with Gasteiger partial charge in [0.1, 0.15) is 5.82 Å². The van der Waals surface area contributed by atoms with Crippen molar-refractivity contribution in [3.63, 3.8) is 0 Å². The topological polar surface area (TPSA) is 56.7 Å². The van der Waals surface area contributed by atoms with Crippen molar-refractivity contribution in [1.29, 1.82) is 0 Å². The van der Waals surface area contributed by atoms with E-state index < -0.39 is 0 Å². The molecule has 0 atom stereocenters. The van der Waals surface area contributed by atoms with Gasteiger partial charge in [-0.2, -0.15) is 0 Å². The number of imidazole rings is 1. The van der Waals surface area contributed by atoms with Crippen molar-refractivity contribution < 1.29 is 0 Å². The molecule has 4 nitrogen and oxygen atoms in total. The molecular weight excluding hydrogens is 236 g/mol. The Bertz CT molecular complexity index is 743. The molecule has 1 aromatic carbocycles. The average molecular weight is 252 g/mol. The van der Waals surface area contributed by atoms with Crippen molar-refractivity contribution in [2.45, 2.75) is 13.5 Å². The van der Waals surface area contributed by atoms with Crippen molar-refractivity contribution in [2.75, 3.05) is 0 Å². The summed E-state index contributed by atoms with van der Waals surface area (Å²) < 4.78 is 2.09. The molecule has 0 spiro atoms. The Morgan fingerprint density at radius 2 is 2.05 bits per heavy atom. The predicted molar refractivity (Wildman–Crippen MR) is 76.6 cm³/mol. The maximum atomic E-state index is 5.67. The van der Waals surface area contributed by atoms with Gasteiger partial charge in [0.25, 0.3) is 0 Å². The van der Waals surface area contributed by atoms with Crippen LogP contribution in [0.4, 0.5) is 0 Å². The van der Waals surface area contributed by atoms with Gasteiger partial charge in [-0.1, -0.05) is 6.07 Å². The molecule has 96 valence electrons. The summed E-state index contributed by atoms with van der Waals surface area (Å²) in [6, 6.07) is 8.25. The van der Waals surface area contributed by atoms with E-state index in [2.05, 4.69) is 21.7 Å². The first-order chi connectivity index (χ1) is 9.19. The lowest BCUT2D eigenvalue weighted by Crippen LogP contribution is -1.96. The molecule has 2 aromatic heterocycles. The number of nitrogens with two attached hydrogens (primary N) is 1. The van der Waals surface area contributed by atoms with Crippen LogP contribution in [0.2, 0.25) is 0 Å². The van der Waals surface area contributed by atoms with Gasteiger partial charge in [0.15, 0.2) is 0 Å². The van der Waals surface area contributed by atoms with Crippen molar-refractivity contribution in [3.05, 3.63) is 47.8 Å². The highest BCUT2D eigenvalue weighted by atomic mass is 15.1. The third kappa shape index (κ3) is 2.00. The van der Waals surface area contributed by atoms with Gasteiger partial charge in [0, 0.05) is 31.5 Å². The third-order valence-corrected chi connectivity index (χ3v) is 3.31. The second-order valence-corrected chi connectivity index (χ2v) is 4.77. The number of fused-ring (bicyclic) bond motifs is 1. The van der Waals surface area contributed by atoms with E-state index >= 15 is 0 Å². The Labute approximate surface area is 111 Å². The van der Waals surface area contributed by atoms with Gasteiger partial charge in [0.05, 0.1) is 11.0 Å². The summed E-state index contributed by atoms with van der Waals surface area (Å²) in [6.07, 6.45) is 3.69. The summed E-state index contributed by atoms with van der Waals surface area (Å²) in [4.78, 5) is 8.93. The zero-order valence-electron chi connectivity index (χ0n) is 11.1. The fourth-order valence-corrected chi connectivity index (χ4v) is 2.31. The van der Waals surface area contributed by atoms with Crippen LogP contribution in [-0.2, 0) is 13.6 Å². The highest BCUT2D eigenvalue weighted by Crippen LogP contribution is 2.24. The minimum absolute atomic E-state index is 0.536. The summed E-state index contributed by atoms with van der Waals surface area (Å²) in [5.41, 5.74) is 11.0. The molecule has 0 amide bonds. The Balaban J connectivity index is 2.22. The molecular formula is C15H16N4. The van der Waals surface area contributed by atoms with Gasteiger partial charge in [-0.15, -0.1) is 0 Å². The first-order valence-corrected chi connectivity index (χ1v) is 6.26. The van der Waals surface area contributed by atoms with Crippen LogP contribution in [0.3, 0.4) is 0 Å². The van der Waals surface area contributed by atoms with Gasteiger partial charge in [0.2, 0.25) is 0 Å². The van der Waals surface area contributed by atoms with Gasteiger partial charge in [-0.3, -0.25) is 4.98 Å². The van der Waals surface area contributed by atoms with E-state index in [9.17, 15) is 0 Å². The molecule has 0 saturated carbocycles. The Kier molecular flexibility index (Phi) is 2.80. The van der Waals surface area contributed by atoms with Crippen LogP contribution in [-0.4, -0.2) is 14.5 Å².